The van der Waals surface area contributed by atoms with Gasteiger partial charge in [-0.15, -0.1) is 5.10 Å². The lowest BCUT2D eigenvalue weighted by atomic mass is 10.2. The summed E-state index contributed by atoms with van der Waals surface area (Å²) in [7, 11) is 1.23. The molecule has 1 aromatic carbocycles. The number of esters is 1. The molecule has 0 N–H and O–H groups in total. The SMILES string of the molecule is COC(=O)Cn1nc(Br)n(Cc2cccc(F)c2)c1=O. The van der Waals surface area contributed by atoms with Crippen LogP contribution in [0.25, 0.3) is 0 Å². The van der Waals surface area contributed by atoms with Crippen LogP contribution in [0.3, 0.4) is 0 Å². The van der Waals surface area contributed by atoms with E-state index in [1.807, 2.05) is 0 Å². The summed E-state index contributed by atoms with van der Waals surface area (Å²) in [5.74, 6) is -0.955. The maximum absolute atomic E-state index is 13.1. The molecule has 0 amide bonds. The molecule has 0 saturated carbocycles. The number of halogens is 2. The average molecular weight is 344 g/mol. The summed E-state index contributed by atoms with van der Waals surface area (Å²) < 4.78 is 20.1. The average Bonchev–Trinajstić information content (AvgIpc) is 2.66. The van der Waals surface area contributed by atoms with E-state index in [0.29, 0.717) is 5.56 Å². The van der Waals surface area contributed by atoms with Gasteiger partial charge in [0, 0.05) is 0 Å². The number of nitrogens with zero attached hydrogens (tertiary/aromatic N) is 3. The van der Waals surface area contributed by atoms with Crippen LogP contribution in [0, 0.1) is 5.82 Å². The molecule has 0 spiro atoms. The topological polar surface area (TPSA) is 66.1 Å². The van der Waals surface area contributed by atoms with Gasteiger partial charge in [-0.25, -0.2) is 13.9 Å². The van der Waals surface area contributed by atoms with Gasteiger partial charge in [-0.1, -0.05) is 12.1 Å². The van der Waals surface area contributed by atoms with E-state index in [1.165, 1.54) is 23.8 Å². The first-order valence-corrected chi connectivity index (χ1v) is 6.45. The van der Waals surface area contributed by atoms with E-state index in [9.17, 15) is 14.0 Å². The molecule has 8 heteroatoms. The molecule has 106 valence electrons. The van der Waals surface area contributed by atoms with Crippen LogP contribution >= 0.6 is 15.9 Å². The fourth-order valence-corrected chi connectivity index (χ4v) is 2.12. The Morgan fingerprint density at radius 1 is 1.50 bits per heavy atom. The third-order valence-electron chi connectivity index (χ3n) is 2.61. The molecule has 0 aliphatic rings. The summed E-state index contributed by atoms with van der Waals surface area (Å²) in [4.78, 5) is 23.2. The smallest absolute Gasteiger partial charge is 0.347 e. The molecule has 0 radical (unpaired) electrons. The zero-order chi connectivity index (χ0) is 14.7. The number of carbonyl (C=O) groups is 1. The monoisotopic (exact) mass is 343 g/mol. The van der Waals surface area contributed by atoms with Crippen molar-refractivity contribution in [1.29, 1.82) is 0 Å². The van der Waals surface area contributed by atoms with Gasteiger partial charge in [0.2, 0.25) is 4.73 Å². The van der Waals surface area contributed by atoms with Crippen molar-refractivity contribution in [3.05, 3.63) is 50.9 Å². The highest BCUT2D eigenvalue weighted by atomic mass is 79.9. The van der Waals surface area contributed by atoms with Crippen molar-refractivity contribution in [2.45, 2.75) is 13.1 Å². The highest BCUT2D eigenvalue weighted by Gasteiger charge is 2.14. The molecular formula is C12H11BrFN3O3. The molecule has 1 aromatic heterocycles. The van der Waals surface area contributed by atoms with Crippen LogP contribution in [0.1, 0.15) is 5.56 Å². The summed E-state index contributed by atoms with van der Waals surface area (Å²) in [6, 6.07) is 5.90. The van der Waals surface area contributed by atoms with Crippen LogP contribution in [0.15, 0.2) is 33.8 Å². The Labute approximate surface area is 121 Å². The quantitative estimate of drug-likeness (QED) is 0.781. The summed E-state index contributed by atoms with van der Waals surface area (Å²) >= 11 is 3.14. The molecular weight excluding hydrogens is 333 g/mol. The van der Waals surface area contributed by atoms with Crippen molar-refractivity contribution in [3.63, 3.8) is 0 Å². The molecule has 0 unspecified atom stereocenters. The van der Waals surface area contributed by atoms with Gasteiger partial charge in [0.05, 0.1) is 13.7 Å². The fourth-order valence-electron chi connectivity index (χ4n) is 1.66. The molecule has 6 nitrogen and oxygen atoms in total. The van der Waals surface area contributed by atoms with Crippen LogP contribution < -0.4 is 5.69 Å². The summed E-state index contributed by atoms with van der Waals surface area (Å²) in [5.41, 5.74) is 0.136. The molecule has 0 saturated heterocycles. The molecule has 2 rings (SSSR count). The third-order valence-corrected chi connectivity index (χ3v) is 3.20. The minimum atomic E-state index is -0.574. The maximum atomic E-state index is 13.1. The van der Waals surface area contributed by atoms with E-state index in [2.05, 4.69) is 25.8 Å². The van der Waals surface area contributed by atoms with E-state index in [0.717, 1.165) is 4.68 Å². The number of hydrogen-bond donors (Lipinski definition) is 0. The first kappa shape index (κ1) is 14.4. The van der Waals surface area contributed by atoms with Gasteiger partial charge in [0.15, 0.2) is 0 Å². The Balaban J connectivity index is 2.29. The van der Waals surface area contributed by atoms with Gasteiger partial charge in [-0.05, 0) is 33.6 Å². The second kappa shape index (κ2) is 6.00. The Kier molecular flexibility index (Phi) is 4.33. The summed E-state index contributed by atoms with van der Waals surface area (Å²) in [6.07, 6.45) is 0. The second-order valence-corrected chi connectivity index (χ2v) is 4.71. The van der Waals surface area contributed by atoms with Crippen LogP contribution in [-0.2, 0) is 22.6 Å². The highest BCUT2D eigenvalue weighted by Crippen LogP contribution is 2.09. The van der Waals surface area contributed by atoms with Crippen molar-refractivity contribution in [2.24, 2.45) is 0 Å². The molecule has 0 bridgehead atoms. The molecule has 0 fully saturated rings. The number of rotatable bonds is 4. The molecule has 0 aliphatic carbocycles. The van der Waals surface area contributed by atoms with Crippen LogP contribution in [0.5, 0.6) is 0 Å². The lowest BCUT2D eigenvalue weighted by Gasteiger charge is -2.02. The lowest BCUT2D eigenvalue weighted by Crippen LogP contribution is -2.28. The van der Waals surface area contributed by atoms with Gasteiger partial charge in [0.1, 0.15) is 12.4 Å². The van der Waals surface area contributed by atoms with Crippen molar-refractivity contribution in [1.82, 2.24) is 14.3 Å². The fraction of sp³-hybridized carbons (Fsp3) is 0.250. The first-order chi connectivity index (χ1) is 9.51. The minimum absolute atomic E-state index is 0.151. The lowest BCUT2D eigenvalue weighted by molar-refractivity contribution is -0.141. The molecule has 2 aromatic rings. The predicted octanol–water partition coefficient (Wildman–Crippen LogP) is 1.17. The maximum Gasteiger partial charge on any atom is 0.347 e. The number of aromatic nitrogens is 3. The number of hydrogen-bond acceptors (Lipinski definition) is 4. The van der Waals surface area contributed by atoms with Crippen LogP contribution in [0.2, 0.25) is 0 Å². The largest absolute Gasteiger partial charge is 0.468 e. The summed E-state index contributed by atoms with van der Waals surface area (Å²) in [5, 5.41) is 3.91. The van der Waals surface area contributed by atoms with E-state index in [1.54, 1.807) is 12.1 Å². The third kappa shape index (κ3) is 3.13. The number of carbonyl (C=O) groups excluding carboxylic acids is 1. The van der Waals surface area contributed by atoms with Gasteiger partial charge in [-0.2, -0.15) is 0 Å². The van der Waals surface area contributed by atoms with E-state index in [4.69, 9.17) is 0 Å². The zero-order valence-corrected chi connectivity index (χ0v) is 12.1. The normalized spacial score (nSPS) is 10.6. The molecule has 20 heavy (non-hydrogen) atoms. The Morgan fingerprint density at radius 2 is 2.25 bits per heavy atom. The van der Waals surface area contributed by atoms with Crippen molar-refractivity contribution in [2.75, 3.05) is 7.11 Å². The van der Waals surface area contributed by atoms with E-state index < -0.39 is 11.7 Å². The second-order valence-electron chi connectivity index (χ2n) is 4.00. The van der Waals surface area contributed by atoms with Gasteiger partial charge in [-0.3, -0.25) is 9.36 Å². The predicted molar refractivity (Wildman–Crippen MR) is 71.7 cm³/mol. The Hall–Kier alpha value is -1.96. The van der Waals surface area contributed by atoms with Crippen LogP contribution in [-0.4, -0.2) is 27.4 Å². The molecule has 1 heterocycles. The number of ether oxygens (including phenoxy) is 1. The Bertz CT molecular complexity index is 695. The number of benzene rings is 1. The molecule has 0 aliphatic heterocycles. The van der Waals surface area contributed by atoms with E-state index >= 15 is 0 Å². The number of methoxy groups -OCH3 is 1. The molecule has 0 atom stereocenters. The van der Waals surface area contributed by atoms with Crippen molar-refractivity contribution >= 4 is 21.9 Å². The summed E-state index contributed by atoms with van der Waals surface area (Å²) in [6.45, 7) is -0.123. The minimum Gasteiger partial charge on any atom is -0.468 e. The van der Waals surface area contributed by atoms with Gasteiger partial charge < -0.3 is 4.74 Å². The van der Waals surface area contributed by atoms with Crippen molar-refractivity contribution in [3.8, 4) is 0 Å². The Morgan fingerprint density at radius 3 is 2.90 bits per heavy atom. The zero-order valence-electron chi connectivity index (χ0n) is 10.5. The van der Waals surface area contributed by atoms with E-state index in [-0.39, 0.29) is 23.6 Å². The first-order valence-electron chi connectivity index (χ1n) is 5.65. The van der Waals surface area contributed by atoms with Crippen molar-refractivity contribution < 1.29 is 13.9 Å². The van der Waals surface area contributed by atoms with Crippen LogP contribution in [0.4, 0.5) is 4.39 Å². The standard InChI is InChI=1S/C12H11BrFN3O3/c1-20-10(18)7-17-12(19)16(11(13)15-17)6-8-3-2-4-9(14)5-8/h2-5H,6-7H2,1H3. The van der Waals surface area contributed by atoms with Gasteiger partial charge >= 0.3 is 11.7 Å². The highest BCUT2D eigenvalue weighted by molar-refractivity contribution is 9.10. The van der Waals surface area contributed by atoms with Gasteiger partial charge in [0.25, 0.3) is 0 Å².